The van der Waals surface area contributed by atoms with Crippen molar-refractivity contribution in [3.63, 3.8) is 0 Å². The molecule has 0 saturated heterocycles. The van der Waals surface area contributed by atoms with E-state index in [1.807, 2.05) is 0 Å². The number of nitrogens with one attached hydrogen (secondary N) is 2. The number of fused-ring (bicyclic) bond motifs is 1. The summed E-state index contributed by atoms with van der Waals surface area (Å²) in [5.74, 6) is 0. The lowest BCUT2D eigenvalue weighted by Gasteiger charge is -2.07. The lowest BCUT2D eigenvalue weighted by Crippen LogP contribution is -2.30. The molecule has 0 saturated carbocycles. The first-order valence-electron chi connectivity index (χ1n) is 7.28. The van der Waals surface area contributed by atoms with Crippen LogP contribution in [0.5, 0.6) is 0 Å². The number of hydrogen-bond donors (Lipinski definition) is 2. The minimum atomic E-state index is 0.775. The van der Waals surface area contributed by atoms with E-state index in [1.165, 1.54) is 16.3 Å². The maximum absolute atomic E-state index is 4.98. The monoisotopic (exact) mass is 272 g/mol. The van der Waals surface area contributed by atoms with Gasteiger partial charge >= 0.3 is 0 Å². The van der Waals surface area contributed by atoms with Gasteiger partial charge in [0.25, 0.3) is 0 Å². The minimum absolute atomic E-state index is 0.775. The first-order chi connectivity index (χ1) is 9.90. The van der Waals surface area contributed by atoms with Crippen LogP contribution in [0.4, 0.5) is 0 Å². The molecule has 0 bridgehead atoms. The van der Waals surface area contributed by atoms with Crippen molar-refractivity contribution >= 4 is 10.8 Å². The fourth-order valence-corrected chi connectivity index (χ4v) is 2.23. The van der Waals surface area contributed by atoms with Crippen molar-refractivity contribution in [2.45, 2.75) is 6.42 Å². The molecule has 0 aliphatic rings. The highest BCUT2D eigenvalue weighted by Gasteiger charge is 1.96. The molecule has 0 heterocycles. The lowest BCUT2D eigenvalue weighted by molar-refractivity contribution is 0.199. The standard InChI is InChI=1S/C17H24N2O/c1-20-13-12-19-11-10-18-9-8-15-6-7-16-4-2-3-5-17(16)14-15/h2-7,14,18-19H,8-13H2,1H3. The summed E-state index contributed by atoms with van der Waals surface area (Å²) >= 11 is 0. The van der Waals surface area contributed by atoms with Gasteiger partial charge in [0.15, 0.2) is 0 Å². The topological polar surface area (TPSA) is 33.3 Å². The number of benzene rings is 2. The molecule has 0 amide bonds. The molecule has 3 nitrogen and oxygen atoms in total. The van der Waals surface area contributed by atoms with Crippen molar-refractivity contribution in [3.8, 4) is 0 Å². The molecule has 20 heavy (non-hydrogen) atoms. The molecule has 0 spiro atoms. The molecule has 0 radical (unpaired) electrons. The SMILES string of the molecule is COCCNCCNCCc1ccc2ccccc2c1. The zero-order chi connectivity index (χ0) is 14.0. The fraction of sp³-hybridized carbons (Fsp3) is 0.412. The highest BCUT2D eigenvalue weighted by atomic mass is 16.5. The van der Waals surface area contributed by atoms with Crippen LogP contribution >= 0.6 is 0 Å². The number of hydrogen-bond acceptors (Lipinski definition) is 3. The zero-order valence-electron chi connectivity index (χ0n) is 12.2. The summed E-state index contributed by atoms with van der Waals surface area (Å²) in [5, 5.41) is 9.41. The second-order valence-corrected chi connectivity index (χ2v) is 4.92. The molecule has 108 valence electrons. The third-order valence-electron chi connectivity index (χ3n) is 3.37. The number of methoxy groups -OCH3 is 1. The maximum Gasteiger partial charge on any atom is 0.0587 e. The van der Waals surface area contributed by atoms with Crippen LogP contribution < -0.4 is 10.6 Å². The van der Waals surface area contributed by atoms with Gasteiger partial charge < -0.3 is 15.4 Å². The maximum atomic E-state index is 4.98. The van der Waals surface area contributed by atoms with Gasteiger partial charge in [-0.1, -0.05) is 42.5 Å². The van der Waals surface area contributed by atoms with Gasteiger partial charge in [-0.25, -0.2) is 0 Å². The van der Waals surface area contributed by atoms with Crippen LogP contribution in [0.25, 0.3) is 10.8 Å². The molecule has 2 aromatic rings. The Labute approximate surface area is 121 Å². The largest absolute Gasteiger partial charge is 0.383 e. The average Bonchev–Trinajstić information content (AvgIpc) is 2.50. The van der Waals surface area contributed by atoms with Crippen LogP contribution in [0.15, 0.2) is 42.5 Å². The van der Waals surface area contributed by atoms with Crippen molar-refractivity contribution < 1.29 is 4.74 Å². The summed E-state index contributed by atoms with van der Waals surface area (Å²) in [7, 11) is 1.73. The molecule has 0 fully saturated rings. The van der Waals surface area contributed by atoms with E-state index >= 15 is 0 Å². The summed E-state index contributed by atoms with van der Waals surface area (Å²) in [5.41, 5.74) is 1.39. The van der Waals surface area contributed by atoms with Crippen LogP contribution in [-0.2, 0) is 11.2 Å². The zero-order valence-corrected chi connectivity index (χ0v) is 12.2. The number of rotatable bonds is 9. The van der Waals surface area contributed by atoms with E-state index < -0.39 is 0 Å². The van der Waals surface area contributed by atoms with Crippen molar-refractivity contribution in [1.82, 2.24) is 10.6 Å². The first-order valence-corrected chi connectivity index (χ1v) is 7.28. The Morgan fingerprint density at radius 1 is 0.850 bits per heavy atom. The third-order valence-corrected chi connectivity index (χ3v) is 3.37. The van der Waals surface area contributed by atoms with Crippen molar-refractivity contribution in [1.29, 1.82) is 0 Å². The van der Waals surface area contributed by atoms with Gasteiger partial charge in [-0.15, -0.1) is 0 Å². The highest BCUT2D eigenvalue weighted by molar-refractivity contribution is 5.82. The second-order valence-electron chi connectivity index (χ2n) is 4.92. The summed E-state index contributed by atoms with van der Waals surface area (Å²) in [6.07, 6.45) is 1.07. The Balaban J connectivity index is 1.65. The Hall–Kier alpha value is -1.42. The van der Waals surface area contributed by atoms with Gasteiger partial charge in [0.1, 0.15) is 0 Å². The third kappa shape index (κ3) is 4.93. The quantitative estimate of drug-likeness (QED) is 0.687. The summed E-state index contributed by atoms with van der Waals surface area (Å²) in [6.45, 7) is 4.70. The highest BCUT2D eigenvalue weighted by Crippen LogP contribution is 2.15. The summed E-state index contributed by atoms with van der Waals surface area (Å²) in [4.78, 5) is 0. The van der Waals surface area contributed by atoms with E-state index in [0.29, 0.717) is 0 Å². The molecule has 0 aliphatic heterocycles. The Bertz CT molecular complexity index is 513. The lowest BCUT2D eigenvalue weighted by atomic mass is 10.1. The average molecular weight is 272 g/mol. The van der Waals surface area contributed by atoms with E-state index in [-0.39, 0.29) is 0 Å². The number of ether oxygens (including phenoxy) is 1. The molecule has 0 atom stereocenters. The summed E-state index contributed by atoms with van der Waals surface area (Å²) in [6, 6.07) is 15.2. The van der Waals surface area contributed by atoms with Gasteiger partial charge in [-0.05, 0) is 29.3 Å². The van der Waals surface area contributed by atoms with Gasteiger partial charge in [0.05, 0.1) is 6.61 Å². The van der Waals surface area contributed by atoms with E-state index in [9.17, 15) is 0 Å². The molecule has 2 N–H and O–H groups in total. The van der Waals surface area contributed by atoms with Crippen LogP contribution in [-0.4, -0.2) is 39.9 Å². The fourth-order valence-electron chi connectivity index (χ4n) is 2.23. The normalized spacial score (nSPS) is 11.1. The van der Waals surface area contributed by atoms with Crippen LogP contribution in [0.2, 0.25) is 0 Å². The van der Waals surface area contributed by atoms with E-state index in [2.05, 4.69) is 53.1 Å². The second kappa shape index (κ2) is 8.69. The van der Waals surface area contributed by atoms with Crippen LogP contribution in [0.1, 0.15) is 5.56 Å². The Morgan fingerprint density at radius 3 is 2.40 bits per heavy atom. The predicted octanol–water partition coefficient (Wildman–Crippen LogP) is 2.21. The minimum Gasteiger partial charge on any atom is -0.383 e. The van der Waals surface area contributed by atoms with Gasteiger partial charge in [0, 0.05) is 26.7 Å². The van der Waals surface area contributed by atoms with Crippen molar-refractivity contribution in [3.05, 3.63) is 48.0 Å². The molecule has 2 rings (SSSR count). The first kappa shape index (κ1) is 15.0. The van der Waals surface area contributed by atoms with Crippen LogP contribution in [0.3, 0.4) is 0 Å². The molecule has 0 aromatic heterocycles. The molecular weight excluding hydrogens is 248 g/mol. The molecule has 3 heteroatoms. The Kier molecular flexibility index (Phi) is 6.51. The van der Waals surface area contributed by atoms with Crippen molar-refractivity contribution in [2.24, 2.45) is 0 Å². The van der Waals surface area contributed by atoms with E-state index in [0.717, 1.165) is 39.2 Å². The van der Waals surface area contributed by atoms with Crippen molar-refractivity contribution in [2.75, 3.05) is 39.9 Å². The molecule has 2 aromatic carbocycles. The van der Waals surface area contributed by atoms with E-state index in [4.69, 9.17) is 4.74 Å². The predicted molar refractivity (Wildman–Crippen MR) is 85.3 cm³/mol. The van der Waals surface area contributed by atoms with Gasteiger partial charge in [0.2, 0.25) is 0 Å². The van der Waals surface area contributed by atoms with E-state index in [1.54, 1.807) is 7.11 Å². The van der Waals surface area contributed by atoms with Gasteiger partial charge in [-0.2, -0.15) is 0 Å². The van der Waals surface area contributed by atoms with Gasteiger partial charge in [-0.3, -0.25) is 0 Å². The molecular formula is C17H24N2O. The molecule has 0 unspecified atom stereocenters. The molecule has 0 aliphatic carbocycles. The summed E-state index contributed by atoms with van der Waals surface area (Å²) < 4.78 is 4.98. The smallest absolute Gasteiger partial charge is 0.0587 e. The Morgan fingerprint density at radius 2 is 1.60 bits per heavy atom. The van der Waals surface area contributed by atoms with Crippen LogP contribution in [0, 0.1) is 0 Å².